The van der Waals surface area contributed by atoms with Crippen LogP contribution in [0.2, 0.25) is 0 Å². The van der Waals surface area contributed by atoms with Crippen molar-refractivity contribution in [2.24, 2.45) is 5.73 Å². The number of nitrogens with two attached hydrogens (primary N) is 1. The summed E-state index contributed by atoms with van der Waals surface area (Å²) in [6.45, 7) is 4.78. The maximum Gasteiger partial charge on any atom is 0.321 e. The van der Waals surface area contributed by atoms with E-state index in [1.165, 1.54) is 0 Å². The number of hydrogen-bond acceptors (Lipinski definition) is 9. The normalized spacial score (nSPS) is 12.4. The van der Waals surface area contributed by atoms with Gasteiger partial charge in [-0.3, -0.25) is 14.5 Å². The highest BCUT2D eigenvalue weighted by Gasteiger charge is 2.27. The number of rotatable bonds is 22. The molecule has 0 fully saturated rings. The molecule has 0 unspecified atom stereocenters. The highest BCUT2D eigenvalue weighted by atomic mass is 16.5. The highest BCUT2D eigenvalue weighted by Crippen LogP contribution is 2.05. The van der Waals surface area contributed by atoms with Crippen molar-refractivity contribution in [1.29, 1.82) is 0 Å². The minimum atomic E-state index is -1.12. The van der Waals surface area contributed by atoms with Crippen LogP contribution in [0.5, 0.6) is 0 Å². The Morgan fingerprint density at radius 1 is 0.759 bits per heavy atom. The predicted octanol–water partition coefficient (Wildman–Crippen LogP) is -1.02. The lowest BCUT2D eigenvalue weighted by atomic mass is 10.1. The van der Waals surface area contributed by atoms with Crippen molar-refractivity contribution in [1.82, 2.24) is 4.90 Å². The van der Waals surface area contributed by atoms with E-state index in [0.717, 1.165) is 0 Å². The fourth-order valence-corrected chi connectivity index (χ4v) is 2.28. The largest absolute Gasteiger partial charge is 0.480 e. The first-order valence-corrected chi connectivity index (χ1v) is 9.56. The molecule has 172 valence electrons. The van der Waals surface area contributed by atoms with Gasteiger partial charge in [0.15, 0.2) is 0 Å². The van der Waals surface area contributed by atoms with Crippen LogP contribution in [0.15, 0.2) is 0 Å². The third-order valence-electron chi connectivity index (χ3n) is 3.77. The van der Waals surface area contributed by atoms with Gasteiger partial charge in [-0.25, -0.2) is 0 Å². The van der Waals surface area contributed by atoms with Crippen LogP contribution in [0.1, 0.15) is 6.42 Å². The molecule has 1 atom stereocenters. The van der Waals surface area contributed by atoms with Gasteiger partial charge >= 0.3 is 5.97 Å². The topological polar surface area (TPSA) is 139 Å². The number of carboxylic acid groups (broad SMARTS) is 1. The van der Waals surface area contributed by atoms with E-state index in [4.69, 9.17) is 34.2 Å². The summed E-state index contributed by atoms with van der Waals surface area (Å²) in [6, 6.07) is -1.03. The van der Waals surface area contributed by atoms with Gasteiger partial charge in [-0.05, 0) is 0 Å². The van der Waals surface area contributed by atoms with E-state index in [1.54, 1.807) is 19.1 Å². The number of carbonyl (C=O) groups is 2. The first kappa shape index (κ1) is 27.7. The molecule has 0 aromatic heterocycles. The zero-order valence-electron chi connectivity index (χ0n) is 17.5. The summed E-state index contributed by atoms with van der Waals surface area (Å²) in [5, 5.41) is 9.44. The molecular formula is C18H36N2O9. The average Bonchev–Trinajstić information content (AvgIpc) is 2.68. The van der Waals surface area contributed by atoms with E-state index in [-0.39, 0.29) is 19.6 Å². The standard InChI is InChI=1S/C18H36N2O9/c1-24-7-9-28-13-11-26-5-3-20(16(18(22)23)15-17(19)21)4-6-27-12-14-29-10-8-25-2/h16H,3-15H2,1-2H3,(H2,19,21)(H,22,23)/t16-/m0/s1. The van der Waals surface area contributed by atoms with Crippen molar-refractivity contribution in [3.05, 3.63) is 0 Å². The number of hydrogen-bond donors (Lipinski definition) is 2. The molecule has 3 N–H and O–H groups in total. The summed E-state index contributed by atoms with van der Waals surface area (Å²) in [5.74, 6) is -1.79. The summed E-state index contributed by atoms with van der Waals surface area (Å²) in [4.78, 5) is 24.4. The molecule has 0 aliphatic heterocycles. The molecule has 29 heavy (non-hydrogen) atoms. The lowest BCUT2D eigenvalue weighted by Gasteiger charge is -2.28. The number of carboxylic acids is 1. The van der Waals surface area contributed by atoms with Gasteiger partial charge in [0.2, 0.25) is 5.91 Å². The Labute approximate surface area is 172 Å². The maximum absolute atomic E-state index is 11.6. The smallest absolute Gasteiger partial charge is 0.321 e. The minimum absolute atomic E-state index is 0.282. The summed E-state index contributed by atoms with van der Waals surface area (Å²) in [5.41, 5.74) is 5.19. The molecule has 0 radical (unpaired) electrons. The molecule has 1 amide bonds. The summed E-state index contributed by atoms with van der Waals surface area (Å²) in [6.07, 6.45) is -0.282. The van der Waals surface area contributed by atoms with Crippen LogP contribution in [-0.4, -0.2) is 121 Å². The Balaban J connectivity index is 4.25. The molecule has 11 nitrogen and oxygen atoms in total. The third kappa shape index (κ3) is 17.2. The number of carbonyl (C=O) groups excluding carboxylic acids is 1. The van der Waals surface area contributed by atoms with Crippen LogP contribution in [0.4, 0.5) is 0 Å². The van der Waals surface area contributed by atoms with Crippen LogP contribution in [0, 0.1) is 0 Å². The molecule has 0 saturated carbocycles. The summed E-state index contributed by atoms with van der Waals surface area (Å²) in [7, 11) is 3.19. The van der Waals surface area contributed by atoms with E-state index < -0.39 is 17.9 Å². The van der Waals surface area contributed by atoms with Gasteiger partial charge in [0.25, 0.3) is 0 Å². The van der Waals surface area contributed by atoms with E-state index in [0.29, 0.717) is 65.9 Å². The van der Waals surface area contributed by atoms with Crippen LogP contribution in [0.3, 0.4) is 0 Å². The molecule has 11 heteroatoms. The molecule has 0 heterocycles. The first-order valence-electron chi connectivity index (χ1n) is 9.56. The second-order valence-electron chi connectivity index (χ2n) is 6.00. The number of methoxy groups -OCH3 is 2. The Kier molecular flexibility index (Phi) is 19.0. The first-order chi connectivity index (χ1) is 14.0. The van der Waals surface area contributed by atoms with Gasteiger partial charge in [0.1, 0.15) is 6.04 Å². The fraction of sp³-hybridized carbons (Fsp3) is 0.889. The average molecular weight is 424 g/mol. The highest BCUT2D eigenvalue weighted by molar-refractivity contribution is 5.83. The van der Waals surface area contributed by atoms with E-state index in [9.17, 15) is 14.7 Å². The third-order valence-corrected chi connectivity index (χ3v) is 3.77. The van der Waals surface area contributed by atoms with Gasteiger partial charge in [0, 0.05) is 27.3 Å². The maximum atomic E-state index is 11.6. The zero-order valence-corrected chi connectivity index (χ0v) is 17.5. The summed E-state index contributed by atoms with van der Waals surface area (Å²) < 4.78 is 31.3. The number of amides is 1. The molecule has 0 bridgehead atoms. The summed E-state index contributed by atoms with van der Waals surface area (Å²) >= 11 is 0. The lowest BCUT2D eigenvalue weighted by molar-refractivity contribution is -0.146. The van der Waals surface area contributed by atoms with Crippen LogP contribution in [0.25, 0.3) is 0 Å². The number of nitrogens with zero attached hydrogens (tertiary/aromatic N) is 1. The van der Waals surface area contributed by atoms with Crippen molar-refractivity contribution >= 4 is 11.9 Å². The molecule has 0 spiro atoms. The van der Waals surface area contributed by atoms with Crippen molar-refractivity contribution < 1.29 is 43.1 Å². The SMILES string of the molecule is COCCOCCOCCN(CCOCCOCCOC)[C@@H](CC(N)=O)C(=O)O. The number of primary amides is 1. The molecule has 0 aromatic carbocycles. The van der Waals surface area contributed by atoms with Gasteiger partial charge in [-0.2, -0.15) is 0 Å². The van der Waals surface area contributed by atoms with E-state index >= 15 is 0 Å². The van der Waals surface area contributed by atoms with Crippen molar-refractivity contribution in [3.63, 3.8) is 0 Å². The zero-order chi connectivity index (χ0) is 21.7. The van der Waals surface area contributed by atoms with Gasteiger partial charge in [0.05, 0.1) is 72.5 Å². The quantitative estimate of drug-likeness (QED) is 0.208. The second kappa shape index (κ2) is 20.0. The van der Waals surface area contributed by atoms with E-state index in [1.807, 2.05) is 0 Å². The van der Waals surface area contributed by atoms with E-state index in [2.05, 4.69) is 0 Å². The Morgan fingerprint density at radius 2 is 1.14 bits per heavy atom. The Bertz CT molecular complexity index is 393. The van der Waals surface area contributed by atoms with Gasteiger partial charge in [-0.15, -0.1) is 0 Å². The van der Waals surface area contributed by atoms with Crippen LogP contribution in [-0.2, 0) is 38.0 Å². The lowest BCUT2D eigenvalue weighted by Crippen LogP contribution is -2.46. The van der Waals surface area contributed by atoms with Crippen molar-refractivity contribution in [2.45, 2.75) is 12.5 Å². The van der Waals surface area contributed by atoms with Crippen LogP contribution < -0.4 is 5.73 Å². The second-order valence-corrected chi connectivity index (χ2v) is 6.00. The van der Waals surface area contributed by atoms with Crippen molar-refractivity contribution in [2.75, 3.05) is 93.4 Å². The molecular weight excluding hydrogens is 388 g/mol. The molecule has 0 saturated heterocycles. The molecule has 0 rings (SSSR count). The van der Waals surface area contributed by atoms with Crippen LogP contribution >= 0.6 is 0 Å². The Hall–Kier alpha value is -1.34. The van der Waals surface area contributed by atoms with Crippen molar-refractivity contribution in [3.8, 4) is 0 Å². The number of ether oxygens (including phenoxy) is 6. The monoisotopic (exact) mass is 424 g/mol. The fourth-order valence-electron chi connectivity index (χ4n) is 2.28. The molecule has 0 aliphatic carbocycles. The molecule has 0 aliphatic rings. The predicted molar refractivity (Wildman–Crippen MR) is 104 cm³/mol. The minimum Gasteiger partial charge on any atom is -0.480 e. The van der Waals surface area contributed by atoms with Gasteiger partial charge in [-0.1, -0.05) is 0 Å². The Morgan fingerprint density at radius 3 is 1.48 bits per heavy atom. The molecule has 0 aromatic rings. The van der Waals surface area contributed by atoms with Gasteiger partial charge < -0.3 is 39.3 Å². The number of aliphatic carboxylic acids is 1.